The molecule has 0 bridgehead atoms. The Morgan fingerprint density at radius 2 is 2.33 bits per heavy atom. The highest BCUT2D eigenvalue weighted by Gasteiger charge is 2.07. The van der Waals surface area contributed by atoms with Crippen molar-refractivity contribution in [3.05, 3.63) is 29.1 Å². The maximum atomic E-state index is 10.7. The molecule has 3 heteroatoms. The zero-order valence-electron chi connectivity index (χ0n) is 5.05. The maximum Gasteiger partial charge on any atom is 0.204 e. The van der Waals surface area contributed by atoms with Crippen molar-refractivity contribution in [2.75, 3.05) is 0 Å². The first kappa shape index (κ1) is 6.61. The number of rotatable bonds is 0. The molecular formula is C6H7NOS. The van der Waals surface area contributed by atoms with E-state index < -0.39 is 0 Å². The van der Waals surface area contributed by atoms with E-state index in [1.807, 2.05) is 13.0 Å². The van der Waals surface area contributed by atoms with E-state index in [1.165, 1.54) is 6.20 Å². The van der Waals surface area contributed by atoms with Gasteiger partial charge in [0.05, 0.1) is 6.20 Å². The largest absolute Gasteiger partial charge is 0.623 e. The van der Waals surface area contributed by atoms with Crippen molar-refractivity contribution in [2.45, 2.75) is 6.92 Å². The lowest BCUT2D eigenvalue weighted by atomic mass is 10.2. The van der Waals surface area contributed by atoms with Crippen molar-refractivity contribution < 1.29 is 5.06 Å². The Bertz CT molecular complexity index is 195. The maximum absolute atomic E-state index is 10.7. The summed E-state index contributed by atoms with van der Waals surface area (Å²) < 4.78 is 0. The van der Waals surface area contributed by atoms with E-state index in [9.17, 15) is 5.21 Å². The summed E-state index contributed by atoms with van der Waals surface area (Å²) in [5, 5.41) is 10.7. The van der Waals surface area contributed by atoms with Crippen LogP contribution in [0.25, 0.3) is 0 Å². The van der Waals surface area contributed by atoms with Crippen molar-refractivity contribution in [1.29, 1.82) is 0 Å². The van der Waals surface area contributed by atoms with Crippen LogP contribution in [0.1, 0.15) is 6.92 Å². The molecule has 0 aromatic rings. The third kappa shape index (κ3) is 1.24. The lowest BCUT2D eigenvalue weighted by molar-refractivity contribution is -0.680. The van der Waals surface area contributed by atoms with E-state index in [4.69, 9.17) is 12.2 Å². The predicted octanol–water partition coefficient (Wildman–Crippen LogP) is 0.170. The van der Waals surface area contributed by atoms with Crippen LogP contribution < -0.4 is 5.06 Å². The number of hydroxylamine groups is 2. The third-order valence-corrected chi connectivity index (χ3v) is 1.70. The topological polar surface area (TPSA) is 27.5 Å². The van der Waals surface area contributed by atoms with E-state index in [0.29, 0.717) is 4.99 Å². The molecule has 0 spiro atoms. The smallest absolute Gasteiger partial charge is 0.204 e. The first-order valence-corrected chi connectivity index (χ1v) is 3.06. The zero-order valence-corrected chi connectivity index (χ0v) is 5.87. The zero-order chi connectivity index (χ0) is 6.85. The first-order valence-electron chi connectivity index (χ1n) is 2.65. The van der Waals surface area contributed by atoms with Crippen molar-refractivity contribution >= 4 is 17.2 Å². The molecule has 0 radical (unpaired) electrons. The number of hydrogen-bond acceptors (Lipinski definition) is 2. The van der Waals surface area contributed by atoms with Gasteiger partial charge in [0, 0.05) is 5.57 Å². The van der Waals surface area contributed by atoms with Gasteiger partial charge < -0.3 is 10.3 Å². The number of hydrogen-bond donors (Lipinski definition) is 1. The van der Waals surface area contributed by atoms with Crippen LogP contribution in [0, 0.1) is 5.21 Å². The molecule has 2 nitrogen and oxygen atoms in total. The van der Waals surface area contributed by atoms with Crippen molar-refractivity contribution in [3.63, 3.8) is 0 Å². The van der Waals surface area contributed by atoms with Crippen molar-refractivity contribution in [1.82, 2.24) is 0 Å². The summed E-state index contributed by atoms with van der Waals surface area (Å²) in [6, 6.07) is 0. The highest BCUT2D eigenvalue weighted by molar-refractivity contribution is 7.80. The molecule has 1 heterocycles. The molecule has 1 aliphatic heterocycles. The SMILES string of the molecule is CC1=CC=C[NH+]([O-])C1=S. The summed E-state index contributed by atoms with van der Waals surface area (Å²) in [5.74, 6) is 0. The summed E-state index contributed by atoms with van der Waals surface area (Å²) in [5.41, 5.74) is 0.887. The average Bonchev–Trinajstić information content (AvgIpc) is 1.83. The van der Waals surface area contributed by atoms with E-state index in [2.05, 4.69) is 0 Å². The van der Waals surface area contributed by atoms with Gasteiger partial charge in [-0.15, -0.1) is 0 Å². The fourth-order valence-corrected chi connectivity index (χ4v) is 0.762. The van der Waals surface area contributed by atoms with Crippen LogP contribution in [0.2, 0.25) is 0 Å². The Kier molecular flexibility index (Phi) is 1.75. The molecule has 1 unspecified atom stereocenters. The van der Waals surface area contributed by atoms with Crippen molar-refractivity contribution in [2.24, 2.45) is 0 Å². The number of quaternary nitrogens is 1. The highest BCUT2D eigenvalue weighted by atomic mass is 32.1. The van der Waals surface area contributed by atoms with Crippen LogP contribution in [0.5, 0.6) is 0 Å². The van der Waals surface area contributed by atoms with Crippen LogP contribution in [-0.4, -0.2) is 4.99 Å². The van der Waals surface area contributed by atoms with Crippen LogP contribution in [0.3, 0.4) is 0 Å². The summed E-state index contributed by atoms with van der Waals surface area (Å²) in [4.78, 5) is 0.442. The molecule has 1 N–H and O–H groups in total. The second-order valence-corrected chi connectivity index (χ2v) is 2.31. The lowest BCUT2D eigenvalue weighted by Crippen LogP contribution is -3.05. The van der Waals surface area contributed by atoms with Crippen molar-refractivity contribution in [3.8, 4) is 0 Å². The second kappa shape index (κ2) is 2.39. The molecule has 0 saturated heterocycles. The summed E-state index contributed by atoms with van der Waals surface area (Å²) >= 11 is 4.78. The Hall–Kier alpha value is -0.510. The van der Waals surface area contributed by atoms with E-state index in [1.54, 1.807) is 6.08 Å². The van der Waals surface area contributed by atoms with Gasteiger partial charge in [0.1, 0.15) is 0 Å². The summed E-state index contributed by atoms with van der Waals surface area (Å²) in [7, 11) is 0. The Morgan fingerprint density at radius 1 is 1.67 bits per heavy atom. The van der Waals surface area contributed by atoms with Crippen LogP contribution in [0.4, 0.5) is 0 Å². The van der Waals surface area contributed by atoms with E-state index in [0.717, 1.165) is 5.57 Å². The van der Waals surface area contributed by atoms with Gasteiger partial charge in [0.2, 0.25) is 4.99 Å². The van der Waals surface area contributed by atoms with Gasteiger partial charge >= 0.3 is 0 Å². The van der Waals surface area contributed by atoms with Crippen LogP contribution in [0.15, 0.2) is 23.9 Å². The minimum Gasteiger partial charge on any atom is -0.623 e. The highest BCUT2D eigenvalue weighted by Crippen LogP contribution is 1.95. The van der Waals surface area contributed by atoms with Gasteiger partial charge in [-0.2, -0.15) is 0 Å². The molecule has 9 heavy (non-hydrogen) atoms. The first-order chi connectivity index (χ1) is 4.22. The molecule has 1 aliphatic rings. The van der Waals surface area contributed by atoms with E-state index in [-0.39, 0.29) is 5.06 Å². The van der Waals surface area contributed by atoms with Gasteiger partial charge in [-0.05, 0) is 31.3 Å². The van der Waals surface area contributed by atoms with Crippen LogP contribution >= 0.6 is 12.2 Å². The molecule has 0 saturated carbocycles. The minimum atomic E-state index is -0.0509. The van der Waals surface area contributed by atoms with Gasteiger partial charge in [-0.1, -0.05) is 0 Å². The average molecular weight is 141 g/mol. The molecule has 0 aromatic heterocycles. The monoisotopic (exact) mass is 141 g/mol. The molecule has 48 valence electrons. The third-order valence-electron chi connectivity index (χ3n) is 1.18. The quantitative estimate of drug-likeness (QED) is 0.384. The molecule has 0 aromatic carbocycles. The van der Waals surface area contributed by atoms with Gasteiger partial charge in [0.15, 0.2) is 0 Å². The Labute approximate surface area is 59.0 Å². The second-order valence-electron chi connectivity index (χ2n) is 1.90. The normalized spacial score (nSPS) is 26.2. The fraction of sp³-hybridized carbons (Fsp3) is 0.167. The lowest BCUT2D eigenvalue weighted by Gasteiger charge is -2.19. The fourth-order valence-electron chi connectivity index (χ4n) is 0.626. The molecule has 0 amide bonds. The van der Waals surface area contributed by atoms with Gasteiger partial charge in [0.25, 0.3) is 0 Å². The predicted molar refractivity (Wildman–Crippen MR) is 39.8 cm³/mol. The summed E-state index contributed by atoms with van der Waals surface area (Å²) in [6.45, 7) is 1.84. The van der Waals surface area contributed by atoms with Crippen LogP contribution in [-0.2, 0) is 0 Å². The van der Waals surface area contributed by atoms with Gasteiger partial charge in [-0.25, -0.2) is 0 Å². The standard InChI is InChI=1S/C6H7NOS/c1-5-3-2-4-7(8)6(5)9/h2-4,7H,1H3. The number of allylic oxidation sites excluding steroid dienone is 2. The Balaban J connectivity index is 2.86. The number of nitrogens with one attached hydrogen (secondary N) is 1. The minimum absolute atomic E-state index is 0.0509. The molecule has 1 rings (SSSR count). The van der Waals surface area contributed by atoms with E-state index >= 15 is 0 Å². The molecule has 1 atom stereocenters. The van der Waals surface area contributed by atoms with Gasteiger partial charge in [-0.3, -0.25) is 0 Å². The number of thiocarbonyl (C=S) groups is 1. The summed E-state index contributed by atoms with van der Waals surface area (Å²) in [6.07, 6.45) is 5.03. The Morgan fingerprint density at radius 3 is 2.78 bits per heavy atom. The molecule has 0 fully saturated rings. The molecular weight excluding hydrogens is 134 g/mol. The molecule has 0 aliphatic carbocycles.